The quantitative estimate of drug-likeness (QED) is 0.569. The first kappa shape index (κ1) is 22.0. The van der Waals surface area contributed by atoms with Crippen molar-refractivity contribution in [3.05, 3.63) is 24.5 Å². The van der Waals surface area contributed by atoms with E-state index in [0.29, 0.717) is 13.1 Å². The van der Waals surface area contributed by atoms with Crippen LogP contribution in [0.15, 0.2) is 24.5 Å². The Morgan fingerprint density at radius 1 is 1.07 bits per heavy atom. The van der Waals surface area contributed by atoms with Crippen molar-refractivity contribution in [2.45, 2.75) is 38.1 Å². The maximum Gasteiger partial charge on any atom is 0.246 e. The molecule has 1 aromatic rings. The van der Waals surface area contributed by atoms with Crippen molar-refractivity contribution >= 4 is 23.4 Å². The van der Waals surface area contributed by atoms with Gasteiger partial charge in [0.05, 0.1) is 6.54 Å². The number of nitrogens with one attached hydrogen (secondary N) is 2. The number of hydrogen-bond acceptors (Lipinski definition) is 6. The summed E-state index contributed by atoms with van der Waals surface area (Å²) in [7, 11) is 0. The zero-order valence-corrected chi connectivity index (χ0v) is 17.4. The van der Waals surface area contributed by atoms with E-state index in [2.05, 4.69) is 20.5 Å². The largest absolute Gasteiger partial charge is 0.371 e. The minimum absolute atomic E-state index is 0.0668. The van der Waals surface area contributed by atoms with Gasteiger partial charge in [-0.05, 0) is 44.2 Å². The summed E-state index contributed by atoms with van der Waals surface area (Å²) in [6.07, 6.45) is 8.06. The number of carbonyl (C=O) groups is 3. The third-order valence-corrected chi connectivity index (χ3v) is 5.86. The van der Waals surface area contributed by atoms with E-state index in [4.69, 9.17) is 5.73 Å². The molecule has 0 aliphatic carbocycles. The summed E-state index contributed by atoms with van der Waals surface area (Å²) in [4.78, 5) is 45.4. The monoisotopic (exact) mass is 416 g/mol. The second-order valence-corrected chi connectivity index (χ2v) is 7.92. The van der Waals surface area contributed by atoms with Crippen LogP contribution in [0.3, 0.4) is 0 Å². The predicted molar refractivity (Wildman–Crippen MR) is 114 cm³/mol. The second-order valence-electron chi connectivity index (χ2n) is 7.92. The molecule has 0 saturated carbocycles. The molecule has 0 radical (unpaired) electrons. The summed E-state index contributed by atoms with van der Waals surface area (Å²) < 4.78 is 0. The predicted octanol–water partition coefficient (Wildman–Crippen LogP) is -0.130. The van der Waals surface area contributed by atoms with Crippen molar-refractivity contribution in [3.63, 3.8) is 0 Å². The van der Waals surface area contributed by atoms with Crippen LogP contribution < -0.4 is 21.3 Å². The van der Waals surface area contributed by atoms with Crippen LogP contribution in [0.1, 0.15) is 32.1 Å². The number of piperidine rings is 2. The highest BCUT2D eigenvalue weighted by molar-refractivity contribution is 5.89. The highest BCUT2D eigenvalue weighted by atomic mass is 16.2. The van der Waals surface area contributed by atoms with Gasteiger partial charge in [-0.25, -0.2) is 0 Å². The van der Waals surface area contributed by atoms with Gasteiger partial charge in [0.25, 0.3) is 0 Å². The molecule has 0 bridgehead atoms. The number of nitrogens with zero attached hydrogens (tertiary/aromatic N) is 3. The molecule has 2 saturated heterocycles. The molecule has 3 rings (SSSR count). The number of likely N-dealkylation sites (tertiary alicyclic amines) is 1. The summed E-state index contributed by atoms with van der Waals surface area (Å²) >= 11 is 0. The number of nitrogens with two attached hydrogens (primary N) is 1. The molecule has 1 atom stereocenters. The molecule has 0 spiro atoms. The number of amides is 3. The number of pyridine rings is 1. The van der Waals surface area contributed by atoms with Crippen molar-refractivity contribution in [2.24, 2.45) is 11.7 Å². The summed E-state index contributed by atoms with van der Waals surface area (Å²) in [5.41, 5.74) is 6.51. The molecule has 9 heteroatoms. The molecule has 0 aromatic carbocycles. The molecule has 2 aliphatic rings. The molecule has 3 heterocycles. The number of anilines is 1. The Balaban J connectivity index is 1.51. The van der Waals surface area contributed by atoms with Crippen LogP contribution in [0.2, 0.25) is 0 Å². The van der Waals surface area contributed by atoms with Gasteiger partial charge in [-0.15, -0.1) is 0 Å². The van der Waals surface area contributed by atoms with Crippen LogP contribution in [-0.4, -0.2) is 72.9 Å². The van der Waals surface area contributed by atoms with Crippen LogP contribution in [0.5, 0.6) is 0 Å². The molecule has 164 valence electrons. The smallest absolute Gasteiger partial charge is 0.246 e. The number of carbonyl (C=O) groups excluding carboxylic acids is 3. The zero-order valence-electron chi connectivity index (χ0n) is 17.4. The zero-order chi connectivity index (χ0) is 21.3. The summed E-state index contributed by atoms with van der Waals surface area (Å²) in [6, 6.07) is 3.16. The molecule has 1 aromatic heterocycles. The van der Waals surface area contributed by atoms with Crippen LogP contribution in [-0.2, 0) is 14.4 Å². The van der Waals surface area contributed by atoms with E-state index < -0.39 is 11.9 Å². The van der Waals surface area contributed by atoms with E-state index in [-0.39, 0.29) is 30.8 Å². The SMILES string of the molecule is NCC(=O)NC(CNC(=O)C1CCN(c2ccncc2)CC1)C(=O)N1CCCCC1. The summed E-state index contributed by atoms with van der Waals surface area (Å²) in [5, 5.41) is 5.55. The van der Waals surface area contributed by atoms with Gasteiger partial charge in [-0.1, -0.05) is 0 Å². The third kappa shape index (κ3) is 5.91. The molecular formula is C21H32N6O3. The Morgan fingerprint density at radius 2 is 1.73 bits per heavy atom. The average Bonchev–Trinajstić information content (AvgIpc) is 2.82. The lowest BCUT2D eigenvalue weighted by Gasteiger charge is -2.33. The minimum Gasteiger partial charge on any atom is -0.371 e. The van der Waals surface area contributed by atoms with Gasteiger partial charge in [-0.3, -0.25) is 19.4 Å². The number of aromatic nitrogens is 1. The van der Waals surface area contributed by atoms with E-state index in [1.54, 1.807) is 17.3 Å². The Labute approximate surface area is 177 Å². The first-order valence-electron chi connectivity index (χ1n) is 10.8. The van der Waals surface area contributed by atoms with Crippen molar-refractivity contribution in [1.82, 2.24) is 20.5 Å². The molecule has 9 nitrogen and oxygen atoms in total. The lowest BCUT2D eigenvalue weighted by Crippen LogP contribution is -2.56. The highest BCUT2D eigenvalue weighted by Gasteiger charge is 2.29. The lowest BCUT2D eigenvalue weighted by atomic mass is 9.95. The fraction of sp³-hybridized carbons (Fsp3) is 0.619. The molecule has 1 unspecified atom stereocenters. The average molecular weight is 417 g/mol. The Kier molecular flexibility index (Phi) is 8.01. The van der Waals surface area contributed by atoms with Gasteiger partial charge < -0.3 is 26.2 Å². The molecule has 4 N–H and O–H groups in total. The van der Waals surface area contributed by atoms with Crippen LogP contribution in [0.4, 0.5) is 5.69 Å². The fourth-order valence-corrected chi connectivity index (χ4v) is 4.09. The molecule has 2 fully saturated rings. The van der Waals surface area contributed by atoms with Gasteiger partial charge in [0.15, 0.2) is 0 Å². The van der Waals surface area contributed by atoms with Crippen molar-refractivity contribution in [3.8, 4) is 0 Å². The fourth-order valence-electron chi connectivity index (χ4n) is 4.09. The molecule has 30 heavy (non-hydrogen) atoms. The summed E-state index contributed by atoms with van der Waals surface area (Å²) in [6.45, 7) is 2.87. The lowest BCUT2D eigenvalue weighted by molar-refractivity contribution is -0.137. The summed E-state index contributed by atoms with van der Waals surface area (Å²) in [5.74, 6) is -0.712. The van der Waals surface area contributed by atoms with E-state index >= 15 is 0 Å². The van der Waals surface area contributed by atoms with Crippen molar-refractivity contribution in [1.29, 1.82) is 0 Å². The molecule has 3 amide bonds. The number of hydrogen-bond donors (Lipinski definition) is 3. The Hall–Kier alpha value is -2.68. The Bertz CT molecular complexity index is 715. The topological polar surface area (TPSA) is 121 Å². The minimum atomic E-state index is -0.778. The standard InChI is InChI=1S/C21H32N6O3/c22-14-19(28)25-18(21(30)27-10-2-1-3-11-27)15-24-20(29)16-6-12-26(13-7-16)17-4-8-23-9-5-17/h4-5,8-9,16,18H,1-3,6-7,10-15,22H2,(H,24,29)(H,25,28). The van der Waals surface area contributed by atoms with Crippen molar-refractivity contribution < 1.29 is 14.4 Å². The van der Waals surface area contributed by atoms with Gasteiger partial charge in [0.2, 0.25) is 17.7 Å². The van der Waals surface area contributed by atoms with E-state index in [0.717, 1.165) is 50.9 Å². The Morgan fingerprint density at radius 3 is 2.37 bits per heavy atom. The van der Waals surface area contributed by atoms with Crippen LogP contribution in [0, 0.1) is 5.92 Å². The third-order valence-electron chi connectivity index (χ3n) is 5.86. The van der Waals surface area contributed by atoms with Gasteiger partial charge in [0, 0.05) is 56.7 Å². The van der Waals surface area contributed by atoms with E-state index in [9.17, 15) is 14.4 Å². The first-order valence-corrected chi connectivity index (χ1v) is 10.8. The van der Waals surface area contributed by atoms with Crippen molar-refractivity contribution in [2.75, 3.05) is 44.2 Å². The number of rotatable bonds is 7. The first-order chi connectivity index (χ1) is 14.6. The van der Waals surface area contributed by atoms with E-state index in [1.165, 1.54) is 0 Å². The maximum absolute atomic E-state index is 12.8. The molecule has 2 aliphatic heterocycles. The normalized spacial score (nSPS) is 18.6. The van der Waals surface area contributed by atoms with Gasteiger partial charge in [0.1, 0.15) is 6.04 Å². The second kappa shape index (κ2) is 10.9. The van der Waals surface area contributed by atoms with Crippen LogP contribution in [0.25, 0.3) is 0 Å². The van der Waals surface area contributed by atoms with Gasteiger partial charge >= 0.3 is 0 Å². The van der Waals surface area contributed by atoms with E-state index in [1.807, 2.05) is 12.1 Å². The van der Waals surface area contributed by atoms with Crippen LogP contribution >= 0.6 is 0 Å². The highest BCUT2D eigenvalue weighted by Crippen LogP contribution is 2.22. The maximum atomic E-state index is 12.8. The molecular weight excluding hydrogens is 384 g/mol. The van der Waals surface area contributed by atoms with Gasteiger partial charge in [-0.2, -0.15) is 0 Å².